The third-order valence-corrected chi connectivity index (χ3v) is 14.1. The van der Waals surface area contributed by atoms with E-state index in [-0.39, 0.29) is 58.2 Å². The van der Waals surface area contributed by atoms with Crippen LogP contribution in [0.15, 0.2) is 143 Å². The molecule has 6 aromatic carbocycles. The first kappa shape index (κ1) is 49.5. The maximum atomic E-state index is 14.8. The number of aromatic amines is 2. The summed E-state index contributed by atoms with van der Waals surface area (Å²) in [5.41, 5.74) is 6.66. The highest BCUT2D eigenvalue weighted by molar-refractivity contribution is 5.95. The number of aromatic nitrogens is 4. The predicted octanol–water partition coefficient (Wildman–Crippen LogP) is 8.88. The number of carbonyl (C=O) groups excluding carboxylic acids is 1. The maximum absolute atomic E-state index is 14.8. The van der Waals surface area contributed by atoms with E-state index < -0.39 is 17.6 Å². The van der Waals surface area contributed by atoms with Gasteiger partial charge in [-0.1, -0.05) is 97.1 Å². The van der Waals surface area contributed by atoms with Crippen molar-refractivity contribution in [3.8, 4) is 0 Å². The zero-order valence-corrected chi connectivity index (χ0v) is 39.9. The fraction of sp³-hybridized carbons (Fsp3) is 0.250. The fourth-order valence-electron chi connectivity index (χ4n) is 10.4. The smallest absolute Gasteiger partial charge is 0.338 e. The number of carboxylic acid groups (broad SMARTS) is 1. The first-order chi connectivity index (χ1) is 34.5. The van der Waals surface area contributed by atoms with Crippen LogP contribution in [0.4, 0.5) is 8.78 Å². The molecule has 2 aromatic heterocycles. The molecule has 4 aliphatic rings. The number of halogens is 3. The van der Waals surface area contributed by atoms with Gasteiger partial charge in [-0.15, -0.1) is 12.4 Å². The molecule has 12 rings (SSSR count). The Morgan fingerprint density at radius 2 is 1.01 bits per heavy atom. The minimum absolute atomic E-state index is 0. The van der Waals surface area contributed by atoms with Gasteiger partial charge >= 0.3 is 5.97 Å². The Kier molecular flexibility index (Phi) is 14.5. The second kappa shape index (κ2) is 21.1. The van der Waals surface area contributed by atoms with Crippen LogP contribution in [0.1, 0.15) is 91.2 Å². The molecule has 13 nitrogen and oxygen atoms in total. The summed E-state index contributed by atoms with van der Waals surface area (Å²) in [6, 6.07) is 39.6. The van der Waals surface area contributed by atoms with Crippen molar-refractivity contribution in [3.63, 3.8) is 0 Å². The van der Waals surface area contributed by atoms with Gasteiger partial charge in [-0.3, -0.25) is 14.4 Å². The van der Waals surface area contributed by atoms with Crippen LogP contribution >= 0.6 is 12.4 Å². The molecular formula is C56H51ClF2N6O7. The third kappa shape index (κ3) is 9.93. The lowest BCUT2D eigenvalue weighted by molar-refractivity contribution is -0.0742. The Morgan fingerprint density at radius 1 is 0.583 bits per heavy atom. The van der Waals surface area contributed by atoms with Gasteiger partial charge in [0, 0.05) is 36.7 Å². The SMILES string of the molecule is Cl.O=C(O)c1cc(Cc2n[nH]c(=O)c3ccccc23)ccc1F.O=C(c1cc(Cc2n[nH]c(=O)c3ccccc23)ccc1F)N1CCC2(CC1)OCc1ccccc12.c1ccc2c(c1)COC21CCNCC1. The highest BCUT2D eigenvalue weighted by atomic mass is 35.5. The molecule has 0 atom stereocenters. The van der Waals surface area contributed by atoms with E-state index in [9.17, 15) is 28.0 Å². The first-order valence-electron chi connectivity index (χ1n) is 23.7. The molecule has 2 fully saturated rings. The van der Waals surface area contributed by atoms with Gasteiger partial charge in [0.2, 0.25) is 0 Å². The van der Waals surface area contributed by atoms with Crippen molar-refractivity contribution in [2.75, 3.05) is 26.2 Å². The van der Waals surface area contributed by atoms with E-state index in [2.05, 4.69) is 62.1 Å². The molecule has 368 valence electrons. The van der Waals surface area contributed by atoms with Crippen LogP contribution in [-0.2, 0) is 46.7 Å². The number of rotatable bonds is 6. The number of hydrogen-bond acceptors (Lipinski definition) is 9. The second-order valence-electron chi connectivity index (χ2n) is 18.3. The molecule has 16 heteroatoms. The van der Waals surface area contributed by atoms with Gasteiger partial charge in [-0.2, -0.15) is 10.2 Å². The topological polar surface area (TPSA) is 180 Å². The number of carbonyl (C=O) groups is 2. The number of carboxylic acids is 1. The van der Waals surface area contributed by atoms with Gasteiger partial charge in [-0.25, -0.2) is 23.8 Å². The molecule has 0 unspecified atom stereocenters. The molecule has 4 aliphatic heterocycles. The number of amides is 1. The van der Waals surface area contributed by atoms with E-state index >= 15 is 0 Å². The summed E-state index contributed by atoms with van der Waals surface area (Å²) in [5.74, 6) is -2.96. The number of fused-ring (bicyclic) bond motifs is 6. The predicted molar refractivity (Wildman–Crippen MR) is 270 cm³/mol. The zero-order chi connectivity index (χ0) is 49.1. The molecule has 0 aliphatic carbocycles. The Balaban J connectivity index is 0.000000147. The Hall–Kier alpha value is -7.43. The Morgan fingerprint density at radius 3 is 1.51 bits per heavy atom. The molecule has 0 bridgehead atoms. The van der Waals surface area contributed by atoms with E-state index in [1.165, 1.54) is 40.5 Å². The van der Waals surface area contributed by atoms with E-state index in [1.54, 1.807) is 53.4 Å². The lowest BCUT2D eigenvalue weighted by Gasteiger charge is -2.39. The average molecular weight is 994 g/mol. The van der Waals surface area contributed by atoms with Gasteiger partial charge in [-0.05, 0) is 109 Å². The van der Waals surface area contributed by atoms with E-state index in [1.807, 2.05) is 24.3 Å². The summed E-state index contributed by atoms with van der Waals surface area (Å²) in [6.45, 7) is 4.55. The van der Waals surface area contributed by atoms with Crippen molar-refractivity contribution in [3.05, 3.63) is 222 Å². The van der Waals surface area contributed by atoms with Crippen LogP contribution in [-0.4, -0.2) is 68.5 Å². The summed E-state index contributed by atoms with van der Waals surface area (Å²) in [7, 11) is 0. The van der Waals surface area contributed by atoms with E-state index in [0.29, 0.717) is 72.1 Å². The molecule has 4 N–H and O–H groups in total. The lowest BCUT2D eigenvalue weighted by Crippen LogP contribution is -2.45. The summed E-state index contributed by atoms with van der Waals surface area (Å²) < 4.78 is 40.4. The van der Waals surface area contributed by atoms with Crippen molar-refractivity contribution in [2.45, 2.75) is 62.9 Å². The quantitative estimate of drug-likeness (QED) is 0.126. The maximum Gasteiger partial charge on any atom is 0.338 e. The van der Waals surface area contributed by atoms with Gasteiger partial charge in [0.25, 0.3) is 17.0 Å². The highest BCUT2D eigenvalue weighted by Crippen LogP contribution is 2.45. The molecule has 72 heavy (non-hydrogen) atoms. The van der Waals surface area contributed by atoms with Gasteiger partial charge in [0.05, 0.1) is 57.7 Å². The van der Waals surface area contributed by atoms with Crippen LogP contribution in [0, 0.1) is 11.6 Å². The van der Waals surface area contributed by atoms with Gasteiger partial charge in [0.15, 0.2) is 0 Å². The molecule has 8 aromatic rings. The first-order valence-corrected chi connectivity index (χ1v) is 23.7. The van der Waals surface area contributed by atoms with Gasteiger partial charge < -0.3 is 24.8 Å². The van der Waals surface area contributed by atoms with Gasteiger partial charge in [0.1, 0.15) is 11.6 Å². The number of benzene rings is 6. The largest absolute Gasteiger partial charge is 0.478 e. The van der Waals surface area contributed by atoms with Crippen LogP contribution in [0.5, 0.6) is 0 Å². The van der Waals surface area contributed by atoms with Crippen molar-refractivity contribution < 1.29 is 33.0 Å². The average Bonchev–Trinajstić information content (AvgIpc) is 3.94. The minimum atomic E-state index is -1.32. The summed E-state index contributed by atoms with van der Waals surface area (Å²) >= 11 is 0. The Labute approximate surface area is 418 Å². The molecule has 0 radical (unpaired) electrons. The van der Waals surface area contributed by atoms with Crippen molar-refractivity contribution in [2.24, 2.45) is 0 Å². The number of nitrogens with one attached hydrogen (secondary N) is 3. The van der Waals surface area contributed by atoms with Crippen LogP contribution in [0.25, 0.3) is 21.5 Å². The molecule has 2 spiro atoms. The normalized spacial score (nSPS) is 15.9. The monoisotopic (exact) mass is 992 g/mol. The summed E-state index contributed by atoms with van der Waals surface area (Å²) in [4.78, 5) is 49.8. The van der Waals surface area contributed by atoms with E-state index in [0.717, 1.165) is 49.6 Å². The minimum Gasteiger partial charge on any atom is -0.478 e. The number of nitrogens with zero attached hydrogens (tertiary/aromatic N) is 3. The molecular weight excluding hydrogens is 942 g/mol. The van der Waals surface area contributed by atoms with Crippen molar-refractivity contribution in [1.82, 2.24) is 30.6 Å². The fourth-order valence-corrected chi connectivity index (χ4v) is 10.4. The number of hydrogen-bond donors (Lipinski definition) is 4. The van der Waals surface area contributed by atoms with Crippen LogP contribution in [0.3, 0.4) is 0 Å². The van der Waals surface area contributed by atoms with Crippen molar-refractivity contribution in [1.29, 1.82) is 0 Å². The zero-order valence-electron chi connectivity index (χ0n) is 39.1. The summed E-state index contributed by atoms with van der Waals surface area (Å²) in [5, 5.41) is 28.0. The number of aromatic carboxylic acids is 1. The molecule has 2 saturated heterocycles. The molecule has 6 heterocycles. The number of H-pyrrole nitrogens is 2. The highest BCUT2D eigenvalue weighted by Gasteiger charge is 2.44. The number of ether oxygens (including phenoxy) is 2. The Bertz CT molecular complexity index is 3440. The summed E-state index contributed by atoms with van der Waals surface area (Å²) in [6.07, 6.45) is 4.26. The number of likely N-dealkylation sites (tertiary alicyclic amines) is 1. The van der Waals surface area contributed by atoms with Crippen LogP contribution < -0.4 is 16.4 Å². The lowest BCUT2D eigenvalue weighted by atomic mass is 9.83. The van der Waals surface area contributed by atoms with E-state index in [4.69, 9.17) is 14.6 Å². The number of piperidine rings is 2. The standard InChI is InChI=1S/C28H24FN3O3.C16H11FN2O3.C12H15NO.ClH/c29-24-10-9-18(16-25-20-6-2-3-7-21(20)26(33)31-30-25)15-22(24)27(34)32-13-11-28(12-14-32)23-8-4-1-5-19(23)17-35-28;17-13-6-5-9(7-12(13)16(21)22)8-14-10-3-1-2-4-11(10)15(20)19-18-14;1-2-4-11-10(3-1)9-14-12(11)5-7-13-8-6-12;/h1-10,15H,11-14,16-17H2,(H,31,33);1-7H,8H2,(H,19,20)(H,21,22);1-4,13H,5-9H2;1H. The third-order valence-electron chi connectivity index (χ3n) is 14.1. The second-order valence-corrected chi connectivity index (χ2v) is 18.3. The molecule has 0 saturated carbocycles. The van der Waals surface area contributed by atoms with Crippen LogP contribution in [0.2, 0.25) is 0 Å². The molecule has 1 amide bonds. The van der Waals surface area contributed by atoms with Crippen molar-refractivity contribution >= 4 is 45.8 Å².